The van der Waals surface area contributed by atoms with Crippen LogP contribution in [0.3, 0.4) is 0 Å². The fourth-order valence-electron chi connectivity index (χ4n) is 5.29. The van der Waals surface area contributed by atoms with E-state index in [0.29, 0.717) is 0 Å². The normalized spacial score (nSPS) is 18.1. The van der Waals surface area contributed by atoms with Crippen molar-refractivity contribution < 1.29 is 0 Å². The molecule has 118 valence electrons. The first kappa shape index (κ1) is 13.4. The molecule has 0 amide bonds. The van der Waals surface area contributed by atoms with Crippen molar-refractivity contribution >= 4 is 5.57 Å². The van der Waals surface area contributed by atoms with Crippen LogP contribution < -0.4 is 0 Å². The lowest BCUT2D eigenvalue weighted by Gasteiger charge is -2.31. The van der Waals surface area contributed by atoms with Crippen LogP contribution in [0.25, 0.3) is 16.7 Å². The fourth-order valence-corrected chi connectivity index (χ4v) is 5.29. The van der Waals surface area contributed by atoms with E-state index in [9.17, 15) is 0 Å². The zero-order valence-electron chi connectivity index (χ0n) is 14.0. The molecule has 0 atom stereocenters. The maximum Gasteiger partial charge on any atom is 0.0722 e. The second-order valence-electron chi connectivity index (χ2n) is 7.20. The fraction of sp³-hybridized carbons (Fsp3) is 0.120. The molecule has 0 fully saturated rings. The largest absolute Gasteiger partial charge is 0.0788 e. The Morgan fingerprint density at radius 3 is 1.64 bits per heavy atom. The van der Waals surface area contributed by atoms with E-state index in [1.54, 1.807) is 0 Å². The van der Waals surface area contributed by atoms with E-state index >= 15 is 0 Å². The van der Waals surface area contributed by atoms with E-state index in [0.717, 1.165) is 12.8 Å². The lowest BCUT2D eigenvalue weighted by atomic mass is 9.69. The molecule has 0 N–H and O–H groups in total. The van der Waals surface area contributed by atoms with E-state index in [-0.39, 0.29) is 5.41 Å². The van der Waals surface area contributed by atoms with Gasteiger partial charge in [-0.3, -0.25) is 0 Å². The zero-order chi connectivity index (χ0) is 16.4. The minimum Gasteiger partial charge on any atom is -0.0788 e. The van der Waals surface area contributed by atoms with Crippen molar-refractivity contribution in [2.45, 2.75) is 18.3 Å². The van der Waals surface area contributed by atoms with Crippen molar-refractivity contribution in [3.63, 3.8) is 0 Å². The Morgan fingerprint density at radius 2 is 1.00 bits per heavy atom. The molecule has 0 aliphatic heterocycles. The number of hydrogen-bond donors (Lipinski definition) is 0. The molecule has 3 aliphatic rings. The average molecular weight is 318 g/mol. The third kappa shape index (κ3) is 1.45. The minimum absolute atomic E-state index is 0.129. The van der Waals surface area contributed by atoms with E-state index in [1.807, 2.05) is 0 Å². The topological polar surface area (TPSA) is 0 Å². The SMILES string of the molecule is C1=C2C(=CCC1)C1(c3ccccc32)c2ccccc2-c2ccccc21. The summed E-state index contributed by atoms with van der Waals surface area (Å²) in [6.07, 6.45) is 7.23. The van der Waals surface area contributed by atoms with Crippen LogP contribution in [0.15, 0.2) is 90.5 Å². The average Bonchev–Trinajstić information content (AvgIpc) is 3.16. The van der Waals surface area contributed by atoms with Crippen molar-refractivity contribution in [1.29, 1.82) is 0 Å². The molecule has 0 saturated carbocycles. The Kier molecular flexibility index (Phi) is 2.48. The Bertz CT molecular complexity index is 1050. The third-order valence-electron chi connectivity index (χ3n) is 6.13. The Morgan fingerprint density at radius 1 is 0.520 bits per heavy atom. The van der Waals surface area contributed by atoms with E-state index in [1.165, 1.54) is 44.5 Å². The van der Waals surface area contributed by atoms with Gasteiger partial charge in [0.15, 0.2) is 0 Å². The Labute approximate surface area is 148 Å². The van der Waals surface area contributed by atoms with Crippen LogP contribution in [0, 0.1) is 0 Å². The minimum atomic E-state index is -0.129. The molecule has 3 aliphatic carbocycles. The number of rotatable bonds is 0. The molecule has 0 radical (unpaired) electrons. The van der Waals surface area contributed by atoms with Crippen LogP contribution in [-0.4, -0.2) is 0 Å². The van der Waals surface area contributed by atoms with Crippen molar-refractivity contribution in [3.8, 4) is 11.1 Å². The number of allylic oxidation sites excluding steroid dienone is 4. The smallest absolute Gasteiger partial charge is 0.0722 e. The molecule has 3 aromatic carbocycles. The summed E-state index contributed by atoms with van der Waals surface area (Å²) in [5.41, 5.74) is 11.4. The lowest BCUT2D eigenvalue weighted by molar-refractivity contribution is 0.782. The molecule has 0 heteroatoms. The van der Waals surface area contributed by atoms with Gasteiger partial charge >= 0.3 is 0 Å². The van der Waals surface area contributed by atoms with Gasteiger partial charge in [-0.2, -0.15) is 0 Å². The van der Waals surface area contributed by atoms with Gasteiger partial charge in [-0.05, 0) is 57.4 Å². The molecule has 6 rings (SSSR count). The highest BCUT2D eigenvalue weighted by molar-refractivity contribution is 6.00. The number of hydrogen-bond acceptors (Lipinski definition) is 0. The summed E-state index contributed by atoms with van der Waals surface area (Å²) in [5.74, 6) is 0. The highest BCUT2D eigenvalue weighted by Gasteiger charge is 2.53. The van der Waals surface area contributed by atoms with Crippen LogP contribution in [0.4, 0.5) is 0 Å². The van der Waals surface area contributed by atoms with Gasteiger partial charge in [0, 0.05) is 0 Å². The highest BCUT2D eigenvalue weighted by atomic mass is 14.5. The summed E-state index contributed by atoms with van der Waals surface area (Å²) in [5, 5.41) is 0. The summed E-state index contributed by atoms with van der Waals surface area (Å²) >= 11 is 0. The van der Waals surface area contributed by atoms with Crippen LogP contribution in [-0.2, 0) is 5.41 Å². The zero-order valence-corrected chi connectivity index (χ0v) is 14.0. The highest BCUT2D eigenvalue weighted by Crippen LogP contribution is 2.64. The Balaban J connectivity index is 1.85. The molecular weight excluding hydrogens is 300 g/mol. The van der Waals surface area contributed by atoms with Gasteiger partial charge in [-0.25, -0.2) is 0 Å². The van der Waals surface area contributed by atoms with Crippen molar-refractivity contribution in [2.24, 2.45) is 0 Å². The lowest BCUT2D eigenvalue weighted by Crippen LogP contribution is -2.26. The summed E-state index contributed by atoms with van der Waals surface area (Å²) in [6.45, 7) is 0. The van der Waals surface area contributed by atoms with Gasteiger partial charge in [0.1, 0.15) is 0 Å². The summed E-state index contributed by atoms with van der Waals surface area (Å²) < 4.78 is 0. The molecular formula is C25H18. The van der Waals surface area contributed by atoms with Crippen LogP contribution >= 0.6 is 0 Å². The quantitative estimate of drug-likeness (QED) is 0.468. The maximum atomic E-state index is 2.49. The molecule has 0 saturated heterocycles. The van der Waals surface area contributed by atoms with Gasteiger partial charge in [0.2, 0.25) is 0 Å². The van der Waals surface area contributed by atoms with Crippen LogP contribution in [0.5, 0.6) is 0 Å². The van der Waals surface area contributed by atoms with Gasteiger partial charge < -0.3 is 0 Å². The monoisotopic (exact) mass is 318 g/mol. The molecule has 25 heavy (non-hydrogen) atoms. The number of fused-ring (bicyclic) bond motifs is 10. The van der Waals surface area contributed by atoms with Crippen molar-refractivity contribution in [2.75, 3.05) is 0 Å². The number of benzene rings is 3. The molecule has 3 aromatic rings. The predicted octanol–water partition coefficient (Wildman–Crippen LogP) is 6.12. The third-order valence-corrected chi connectivity index (χ3v) is 6.13. The van der Waals surface area contributed by atoms with Gasteiger partial charge in [0.05, 0.1) is 5.41 Å². The van der Waals surface area contributed by atoms with Crippen molar-refractivity contribution in [1.82, 2.24) is 0 Å². The first-order valence-corrected chi connectivity index (χ1v) is 9.13. The van der Waals surface area contributed by atoms with E-state index in [2.05, 4.69) is 84.9 Å². The molecule has 0 unspecified atom stereocenters. The van der Waals surface area contributed by atoms with E-state index in [4.69, 9.17) is 0 Å². The van der Waals surface area contributed by atoms with Crippen LogP contribution in [0.2, 0.25) is 0 Å². The summed E-state index contributed by atoms with van der Waals surface area (Å²) in [4.78, 5) is 0. The first-order chi connectivity index (χ1) is 12.4. The van der Waals surface area contributed by atoms with Gasteiger partial charge in [-0.15, -0.1) is 0 Å². The van der Waals surface area contributed by atoms with Gasteiger partial charge in [-0.1, -0.05) is 84.9 Å². The molecule has 0 aromatic heterocycles. The molecule has 0 nitrogen and oxygen atoms in total. The van der Waals surface area contributed by atoms with Crippen molar-refractivity contribution in [3.05, 3.63) is 113 Å². The summed E-state index contributed by atoms with van der Waals surface area (Å²) in [6, 6.07) is 27.0. The second-order valence-corrected chi connectivity index (χ2v) is 7.20. The van der Waals surface area contributed by atoms with Crippen LogP contribution in [0.1, 0.15) is 35.1 Å². The molecule has 1 spiro atoms. The molecule has 0 bridgehead atoms. The maximum absolute atomic E-state index is 2.49. The first-order valence-electron chi connectivity index (χ1n) is 9.13. The second kappa shape index (κ2) is 4.61. The van der Waals surface area contributed by atoms with E-state index < -0.39 is 0 Å². The Hall–Kier alpha value is -2.86. The predicted molar refractivity (Wildman–Crippen MR) is 103 cm³/mol. The summed E-state index contributed by atoms with van der Waals surface area (Å²) in [7, 11) is 0. The van der Waals surface area contributed by atoms with Gasteiger partial charge in [0.25, 0.3) is 0 Å². The standard InChI is InChI=1S/C25H18/c1-5-13-21-17(9-1)18-10-2-6-14-22(18)25(21)23-15-7-3-11-19(23)20-12-4-8-16-24(20)25/h1-3,5-7,9-16H,4,8H2. The molecule has 0 heterocycles.